The second kappa shape index (κ2) is 19.7. The highest BCUT2D eigenvalue weighted by Crippen LogP contribution is 2.45. The van der Waals surface area contributed by atoms with Gasteiger partial charge in [-0.25, -0.2) is 0 Å². The molecule has 1 heterocycles. The number of benzene rings is 5. The largest absolute Gasteiger partial charge is 0.494 e. The summed E-state index contributed by atoms with van der Waals surface area (Å²) in [5, 5.41) is 5.10. The Bertz CT molecular complexity index is 1920. The quantitative estimate of drug-likeness (QED) is 0.0424. The summed E-state index contributed by atoms with van der Waals surface area (Å²) in [4.78, 5) is 0. The molecule has 1 aliphatic rings. The molecule has 3 heteroatoms. The summed E-state index contributed by atoms with van der Waals surface area (Å²) in [7, 11) is -0.415. The molecule has 0 atom stereocenters. The van der Waals surface area contributed by atoms with Gasteiger partial charge in [-0.3, -0.25) is 0 Å². The van der Waals surface area contributed by atoms with Crippen molar-refractivity contribution in [1.82, 2.24) is 0 Å². The predicted octanol–water partition coefficient (Wildman–Crippen LogP) is 15.0. The van der Waals surface area contributed by atoms with Crippen LogP contribution in [0.25, 0.3) is 43.8 Å². The fraction of sp³-hybridized carbons (Fsp3) is 0.500. The molecule has 5 aromatic carbocycles. The average Bonchev–Trinajstić information content (AvgIpc) is 3.42. The molecule has 6 rings (SSSR count). The van der Waals surface area contributed by atoms with Gasteiger partial charge in [0, 0.05) is 0 Å². The molecule has 0 unspecified atom stereocenters. The molecule has 0 radical (unpaired) electrons. The Morgan fingerprint density at radius 2 is 0.818 bits per heavy atom. The first kappa shape index (κ1) is 41.2. The van der Waals surface area contributed by atoms with Crippen molar-refractivity contribution in [3.8, 4) is 22.3 Å². The monoisotopic (exact) mass is 737 g/mol. The maximum absolute atomic E-state index is 6.60. The topological polar surface area (TPSA) is 18.5 Å². The van der Waals surface area contributed by atoms with E-state index in [1.165, 1.54) is 158 Å². The molecule has 292 valence electrons. The van der Waals surface area contributed by atoms with E-state index in [0.29, 0.717) is 0 Å². The Balaban J connectivity index is 1.32. The van der Waals surface area contributed by atoms with Gasteiger partial charge in [-0.1, -0.05) is 195 Å². The minimum atomic E-state index is -0.415. The van der Waals surface area contributed by atoms with Crippen LogP contribution in [0.1, 0.15) is 155 Å². The number of hydrogen-bond donors (Lipinski definition) is 0. The summed E-state index contributed by atoms with van der Waals surface area (Å²) >= 11 is 0. The third kappa shape index (κ3) is 10.3. The number of fused-ring (bicyclic) bond motifs is 3. The highest BCUT2D eigenvalue weighted by molar-refractivity contribution is 6.62. The first-order valence-corrected chi connectivity index (χ1v) is 22.2. The van der Waals surface area contributed by atoms with Crippen LogP contribution in [0.4, 0.5) is 0 Å². The minimum absolute atomic E-state index is 0.398. The lowest BCUT2D eigenvalue weighted by molar-refractivity contribution is 0.00578. The molecule has 0 N–H and O–H groups in total. The van der Waals surface area contributed by atoms with Gasteiger partial charge in [-0.15, -0.1) is 0 Å². The van der Waals surface area contributed by atoms with Crippen LogP contribution < -0.4 is 5.46 Å². The number of aryl methyl sites for hydroxylation is 2. The van der Waals surface area contributed by atoms with Gasteiger partial charge in [0.1, 0.15) is 0 Å². The van der Waals surface area contributed by atoms with Crippen molar-refractivity contribution in [2.24, 2.45) is 0 Å². The Labute approximate surface area is 335 Å². The van der Waals surface area contributed by atoms with Gasteiger partial charge in [-0.05, 0) is 114 Å². The van der Waals surface area contributed by atoms with E-state index in [4.69, 9.17) is 9.31 Å². The van der Waals surface area contributed by atoms with Crippen molar-refractivity contribution in [3.63, 3.8) is 0 Å². The van der Waals surface area contributed by atoms with Crippen LogP contribution in [0.2, 0.25) is 0 Å². The van der Waals surface area contributed by atoms with Crippen LogP contribution in [0.15, 0.2) is 91.0 Å². The Hall–Kier alpha value is -3.40. The smallest absolute Gasteiger partial charge is 0.399 e. The van der Waals surface area contributed by atoms with Gasteiger partial charge in [0.25, 0.3) is 0 Å². The van der Waals surface area contributed by atoms with Gasteiger partial charge >= 0.3 is 7.12 Å². The van der Waals surface area contributed by atoms with E-state index >= 15 is 0 Å². The molecular weight excluding hydrogens is 667 g/mol. The standard InChI is InChI=1S/C52H69BO2/c1-7-9-11-13-15-17-19-21-25-40-29-33-42(34-30-40)49-47-28-24-23-27-45(47)46-38-37-44(53-54-51(3,4)52(5,6)55-53)39-48(46)50(49)43-35-31-41(32-36-43)26-22-20-18-16-14-12-10-8-2/h23-24,27-39H,7-22,25-26H2,1-6H3. The molecule has 0 saturated carbocycles. The highest BCUT2D eigenvalue weighted by atomic mass is 16.7. The van der Waals surface area contributed by atoms with E-state index in [9.17, 15) is 0 Å². The SMILES string of the molecule is CCCCCCCCCCc1ccc(-c2c(-c3ccc(CCCCCCCCCC)cc3)c3cc(B4OC(C)(C)C(C)(C)O4)ccc3c3ccccc23)cc1. The van der Waals surface area contributed by atoms with E-state index in [2.05, 4.69) is 133 Å². The van der Waals surface area contributed by atoms with Gasteiger partial charge in [-0.2, -0.15) is 0 Å². The second-order valence-electron chi connectivity index (χ2n) is 17.5. The third-order valence-corrected chi connectivity index (χ3v) is 12.7. The minimum Gasteiger partial charge on any atom is -0.399 e. The van der Waals surface area contributed by atoms with Crippen molar-refractivity contribution >= 4 is 34.1 Å². The summed E-state index contributed by atoms with van der Waals surface area (Å²) in [5.41, 5.74) is 8.29. The zero-order valence-corrected chi connectivity index (χ0v) is 35.3. The summed E-state index contributed by atoms with van der Waals surface area (Å²) < 4.78 is 13.2. The van der Waals surface area contributed by atoms with Crippen molar-refractivity contribution in [2.45, 2.75) is 168 Å². The van der Waals surface area contributed by atoms with Gasteiger partial charge < -0.3 is 9.31 Å². The van der Waals surface area contributed by atoms with Crippen molar-refractivity contribution in [1.29, 1.82) is 0 Å². The van der Waals surface area contributed by atoms with E-state index in [1.54, 1.807) is 0 Å². The van der Waals surface area contributed by atoms with E-state index in [-0.39, 0.29) is 0 Å². The predicted molar refractivity (Wildman–Crippen MR) is 241 cm³/mol. The maximum Gasteiger partial charge on any atom is 0.494 e. The molecule has 0 spiro atoms. The molecule has 0 amide bonds. The summed E-state index contributed by atoms with van der Waals surface area (Å²) in [6.45, 7) is 13.1. The highest BCUT2D eigenvalue weighted by Gasteiger charge is 2.51. The van der Waals surface area contributed by atoms with Gasteiger partial charge in [0.15, 0.2) is 0 Å². The first-order valence-electron chi connectivity index (χ1n) is 22.2. The normalized spacial score (nSPS) is 15.1. The van der Waals surface area contributed by atoms with E-state index in [1.807, 2.05) is 0 Å². The Kier molecular flexibility index (Phi) is 14.7. The zero-order chi connectivity index (χ0) is 38.7. The van der Waals surface area contributed by atoms with Gasteiger partial charge in [0.2, 0.25) is 0 Å². The van der Waals surface area contributed by atoms with Gasteiger partial charge in [0.05, 0.1) is 11.2 Å². The molecule has 1 saturated heterocycles. The molecule has 0 bridgehead atoms. The van der Waals surface area contributed by atoms with E-state index in [0.717, 1.165) is 18.3 Å². The van der Waals surface area contributed by atoms with Crippen molar-refractivity contribution < 1.29 is 9.31 Å². The molecule has 0 aliphatic carbocycles. The summed E-state index contributed by atoms with van der Waals surface area (Å²) in [6, 6.07) is 34.9. The third-order valence-electron chi connectivity index (χ3n) is 12.7. The molecule has 1 fully saturated rings. The van der Waals surface area contributed by atoms with E-state index < -0.39 is 18.3 Å². The fourth-order valence-electron chi connectivity index (χ4n) is 8.54. The van der Waals surface area contributed by atoms with Crippen LogP contribution in [0.5, 0.6) is 0 Å². The summed E-state index contributed by atoms with van der Waals surface area (Å²) in [6.07, 6.45) is 23.9. The van der Waals surface area contributed by atoms with Crippen LogP contribution >= 0.6 is 0 Å². The molecule has 2 nitrogen and oxygen atoms in total. The number of unbranched alkanes of at least 4 members (excludes halogenated alkanes) is 14. The lowest BCUT2D eigenvalue weighted by Crippen LogP contribution is -2.41. The summed E-state index contributed by atoms with van der Waals surface area (Å²) in [5.74, 6) is 0. The van der Waals surface area contributed by atoms with Crippen LogP contribution in [0.3, 0.4) is 0 Å². The molecular formula is C52H69BO2. The Morgan fingerprint density at radius 1 is 0.418 bits per heavy atom. The molecule has 5 aromatic rings. The zero-order valence-electron chi connectivity index (χ0n) is 35.3. The van der Waals surface area contributed by atoms with Crippen LogP contribution in [-0.2, 0) is 22.2 Å². The lowest BCUT2D eigenvalue weighted by Gasteiger charge is -2.32. The lowest BCUT2D eigenvalue weighted by atomic mass is 9.76. The first-order chi connectivity index (χ1) is 26.7. The molecule has 0 aromatic heterocycles. The molecule has 55 heavy (non-hydrogen) atoms. The van der Waals surface area contributed by atoms with Crippen LogP contribution in [-0.4, -0.2) is 18.3 Å². The number of hydrogen-bond acceptors (Lipinski definition) is 2. The fourth-order valence-corrected chi connectivity index (χ4v) is 8.54. The molecule has 1 aliphatic heterocycles. The van der Waals surface area contributed by atoms with Crippen molar-refractivity contribution in [2.75, 3.05) is 0 Å². The average molecular weight is 737 g/mol. The van der Waals surface area contributed by atoms with Crippen LogP contribution in [0, 0.1) is 0 Å². The Morgan fingerprint density at radius 3 is 1.29 bits per heavy atom. The second-order valence-corrected chi connectivity index (χ2v) is 17.5. The maximum atomic E-state index is 6.60. The number of rotatable bonds is 21. The van der Waals surface area contributed by atoms with Crippen molar-refractivity contribution in [3.05, 3.63) is 102 Å².